The summed E-state index contributed by atoms with van der Waals surface area (Å²) in [4.78, 5) is 20.5. The van der Waals surface area contributed by atoms with Crippen molar-refractivity contribution in [3.05, 3.63) is 48.0 Å². The Morgan fingerprint density at radius 1 is 1.18 bits per heavy atom. The second-order valence-electron chi connectivity index (χ2n) is 6.22. The third-order valence-electron chi connectivity index (χ3n) is 3.22. The first-order valence-electron chi connectivity index (χ1n) is 7.25. The minimum absolute atomic E-state index is 0.118. The number of amides is 1. The van der Waals surface area contributed by atoms with Crippen LogP contribution in [-0.4, -0.2) is 21.0 Å². The largest absolute Gasteiger partial charge is 0.508 e. The summed E-state index contributed by atoms with van der Waals surface area (Å²) in [5.41, 5.74) is 1.22. The molecule has 0 fully saturated rings. The molecule has 0 bridgehead atoms. The zero-order valence-corrected chi connectivity index (χ0v) is 13.1. The molecule has 2 aromatic rings. The number of hydrogen-bond acceptors (Lipinski definition) is 4. The molecule has 1 amide bonds. The number of aromatic nitrogens is 2. The molecule has 0 atom stereocenters. The maximum atomic E-state index is 11.9. The average molecular weight is 299 g/mol. The second kappa shape index (κ2) is 6.56. The van der Waals surface area contributed by atoms with Gasteiger partial charge in [0, 0.05) is 11.8 Å². The van der Waals surface area contributed by atoms with Crippen LogP contribution in [0.15, 0.2) is 36.7 Å². The summed E-state index contributed by atoms with van der Waals surface area (Å²) >= 11 is 0. The van der Waals surface area contributed by atoms with Crippen LogP contribution in [-0.2, 0) is 16.6 Å². The van der Waals surface area contributed by atoms with Gasteiger partial charge in [0.05, 0.1) is 18.1 Å². The van der Waals surface area contributed by atoms with E-state index in [0.717, 1.165) is 11.4 Å². The molecule has 0 aliphatic carbocycles. The lowest BCUT2D eigenvalue weighted by Gasteiger charge is -2.16. The number of carbonyl (C=O) groups excluding carboxylic acids is 1. The monoisotopic (exact) mass is 299 g/mol. The van der Waals surface area contributed by atoms with Crippen molar-refractivity contribution in [1.29, 1.82) is 0 Å². The van der Waals surface area contributed by atoms with Crippen LogP contribution in [0.5, 0.6) is 5.75 Å². The first-order chi connectivity index (χ1) is 10.4. The van der Waals surface area contributed by atoms with E-state index >= 15 is 0 Å². The summed E-state index contributed by atoms with van der Waals surface area (Å²) in [6.07, 6.45) is 4.01. The predicted octanol–water partition coefficient (Wildman–Crippen LogP) is 3.05. The summed E-state index contributed by atoms with van der Waals surface area (Å²) in [5, 5.41) is 12.4. The van der Waals surface area contributed by atoms with Crippen molar-refractivity contribution in [3.8, 4) is 5.75 Å². The van der Waals surface area contributed by atoms with E-state index in [1.807, 2.05) is 32.9 Å². The van der Waals surface area contributed by atoms with Gasteiger partial charge in [-0.05, 0) is 18.1 Å². The van der Waals surface area contributed by atoms with E-state index < -0.39 is 0 Å². The number of rotatable bonds is 4. The van der Waals surface area contributed by atoms with E-state index in [0.29, 0.717) is 18.5 Å². The van der Waals surface area contributed by atoms with Crippen LogP contribution in [0.2, 0.25) is 0 Å². The van der Waals surface area contributed by atoms with Gasteiger partial charge in [-0.1, -0.05) is 39.0 Å². The molecule has 5 heteroatoms. The summed E-state index contributed by atoms with van der Waals surface area (Å²) in [5.74, 6) is 0.822. The Labute approximate surface area is 130 Å². The van der Waals surface area contributed by atoms with Crippen molar-refractivity contribution in [3.63, 3.8) is 0 Å². The topological polar surface area (TPSA) is 75.1 Å². The number of phenols is 1. The Morgan fingerprint density at radius 2 is 1.82 bits per heavy atom. The first kappa shape index (κ1) is 15.9. The lowest BCUT2D eigenvalue weighted by atomic mass is 9.96. The zero-order chi connectivity index (χ0) is 16.2. The maximum Gasteiger partial charge on any atom is 0.224 e. The zero-order valence-electron chi connectivity index (χ0n) is 13.1. The standard InChI is InChI=1S/C17H21N3O2/c1-17(2,3)16-18-10-13(11-19-16)20-15(22)9-8-12-6-4-5-7-14(12)21/h4-7,10-11,21H,8-9H2,1-3H3,(H,20,22). The van der Waals surface area contributed by atoms with Gasteiger partial charge in [-0.25, -0.2) is 9.97 Å². The van der Waals surface area contributed by atoms with Gasteiger partial charge in [0.15, 0.2) is 0 Å². The van der Waals surface area contributed by atoms with E-state index in [1.54, 1.807) is 24.5 Å². The maximum absolute atomic E-state index is 11.9. The number of hydrogen-bond donors (Lipinski definition) is 2. The predicted molar refractivity (Wildman–Crippen MR) is 85.8 cm³/mol. The normalized spacial score (nSPS) is 11.2. The average Bonchev–Trinajstić information content (AvgIpc) is 2.46. The Bertz CT molecular complexity index is 646. The van der Waals surface area contributed by atoms with Crippen LogP contribution in [0, 0.1) is 0 Å². The first-order valence-corrected chi connectivity index (χ1v) is 7.25. The highest BCUT2D eigenvalue weighted by Crippen LogP contribution is 2.19. The summed E-state index contributed by atoms with van der Waals surface area (Å²) in [6, 6.07) is 7.02. The van der Waals surface area contributed by atoms with Crippen molar-refractivity contribution >= 4 is 11.6 Å². The number of benzene rings is 1. The fraction of sp³-hybridized carbons (Fsp3) is 0.353. The molecule has 2 N–H and O–H groups in total. The van der Waals surface area contributed by atoms with Crippen molar-refractivity contribution in [2.45, 2.75) is 39.0 Å². The lowest BCUT2D eigenvalue weighted by molar-refractivity contribution is -0.116. The Kier molecular flexibility index (Phi) is 4.75. The SMILES string of the molecule is CC(C)(C)c1ncc(NC(=O)CCc2ccccc2O)cn1. The number of aromatic hydroxyl groups is 1. The van der Waals surface area contributed by atoms with Crippen molar-refractivity contribution in [1.82, 2.24) is 9.97 Å². The minimum atomic E-state index is -0.129. The highest BCUT2D eigenvalue weighted by atomic mass is 16.3. The van der Waals surface area contributed by atoms with Gasteiger partial charge in [0.25, 0.3) is 0 Å². The molecule has 0 aliphatic heterocycles. The van der Waals surface area contributed by atoms with Gasteiger partial charge in [0.2, 0.25) is 5.91 Å². The summed E-state index contributed by atoms with van der Waals surface area (Å²) < 4.78 is 0. The molecule has 1 heterocycles. The van der Waals surface area contributed by atoms with Gasteiger partial charge >= 0.3 is 0 Å². The highest BCUT2D eigenvalue weighted by molar-refractivity contribution is 5.90. The molecule has 5 nitrogen and oxygen atoms in total. The number of nitrogens with zero attached hydrogens (tertiary/aromatic N) is 2. The number of aryl methyl sites for hydroxylation is 1. The Morgan fingerprint density at radius 3 is 2.41 bits per heavy atom. The fourth-order valence-corrected chi connectivity index (χ4v) is 1.97. The fourth-order valence-electron chi connectivity index (χ4n) is 1.97. The molecule has 0 aliphatic rings. The minimum Gasteiger partial charge on any atom is -0.508 e. The number of para-hydroxylation sites is 1. The highest BCUT2D eigenvalue weighted by Gasteiger charge is 2.16. The molecular formula is C17H21N3O2. The third-order valence-corrected chi connectivity index (χ3v) is 3.22. The van der Waals surface area contributed by atoms with Crippen LogP contribution in [0.1, 0.15) is 38.6 Å². The Hall–Kier alpha value is -2.43. The molecule has 0 unspecified atom stereocenters. The molecule has 116 valence electrons. The smallest absolute Gasteiger partial charge is 0.224 e. The summed E-state index contributed by atoms with van der Waals surface area (Å²) in [6.45, 7) is 6.10. The molecule has 0 saturated heterocycles. The number of nitrogens with one attached hydrogen (secondary N) is 1. The van der Waals surface area contributed by atoms with Crippen LogP contribution in [0.25, 0.3) is 0 Å². The summed E-state index contributed by atoms with van der Waals surface area (Å²) in [7, 11) is 0. The molecule has 0 saturated carbocycles. The van der Waals surface area contributed by atoms with E-state index in [1.165, 1.54) is 0 Å². The lowest BCUT2D eigenvalue weighted by Crippen LogP contribution is -2.17. The molecule has 2 rings (SSSR count). The van der Waals surface area contributed by atoms with Gasteiger partial charge in [-0.15, -0.1) is 0 Å². The number of phenolic OH excluding ortho intramolecular Hbond substituents is 1. The number of anilines is 1. The van der Waals surface area contributed by atoms with E-state index in [2.05, 4.69) is 15.3 Å². The molecule has 1 aromatic carbocycles. The van der Waals surface area contributed by atoms with E-state index in [9.17, 15) is 9.90 Å². The van der Waals surface area contributed by atoms with Gasteiger partial charge in [-0.2, -0.15) is 0 Å². The Balaban J connectivity index is 1.91. The molecule has 1 aromatic heterocycles. The molecule has 0 spiro atoms. The van der Waals surface area contributed by atoms with Crippen molar-refractivity contribution < 1.29 is 9.90 Å². The van der Waals surface area contributed by atoms with E-state index in [-0.39, 0.29) is 17.1 Å². The number of carbonyl (C=O) groups is 1. The third kappa shape index (κ3) is 4.28. The van der Waals surface area contributed by atoms with Crippen molar-refractivity contribution in [2.24, 2.45) is 0 Å². The molecule has 22 heavy (non-hydrogen) atoms. The van der Waals surface area contributed by atoms with Crippen LogP contribution < -0.4 is 5.32 Å². The molecular weight excluding hydrogens is 278 g/mol. The second-order valence-corrected chi connectivity index (χ2v) is 6.22. The van der Waals surface area contributed by atoms with Gasteiger partial charge < -0.3 is 10.4 Å². The molecule has 0 radical (unpaired) electrons. The van der Waals surface area contributed by atoms with Crippen molar-refractivity contribution in [2.75, 3.05) is 5.32 Å². The van der Waals surface area contributed by atoms with Crippen LogP contribution in [0.4, 0.5) is 5.69 Å². The van der Waals surface area contributed by atoms with Gasteiger partial charge in [-0.3, -0.25) is 4.79 Å². The van der Waals surface area contributed by atoms with Crippen LogP contribution >= 0.6 is 0 Å². The van der Waals surface area contributed by atoms with E-state index in [4.69, 9.17) is 0 Å². The van der Waals surface area contributed by atoms with Gasteiger partial charge in [0.1, 0.15) is 11.6 Å². The van der Waals surface area contributed by atoms with Crippen LogP contribution in [0.3, 0.4) is 0 Å². The quantitative estimate of drug-likeness (QED) is 0.910.